The molecule has 0 aromatic rings. The normalized spacial score (nSPS) is 24.1. The summed E-state index contributed by atoms with van der Waals surface area (Å²) >= 11 is 0. The number of hydrogen-bond donors (Lipinski definition) is 1. The zero-order valence-electron chi connectivity index (χ0n) is 11.9. The highest BCUT2D eigenvalue weighted by atomic mass is 16.5. The minimum Gasteiger partial charge on any atom is -0.390 e. The molecule has 0 aromatic heterocycles. The molecule has 2 aliphatic rings. The summed E-state index contributed by atoms with van der Waals surface area (Å²) in [5, 5.41) is 10.1. The first-order chi connectivity index (χ1) is 9.19. The van der Waals surface area contributed by atoms with E-state index in [1.807, 2.05) is 0 Å². The lowest BCUT2D eigenvalue weighted by molar-refractivity contribution is -0.129. The zero-order valence-corrected chi connectivity index (χ0v) is 11.9. The smallest absolute Gasteiger partial charge is 0.222 e. The minimum atomic E-state index is -0.416. The van der Waals surface area contributed by atoms with Crippen LogP contribution in [0.1, 0.15) is 25.7 Å². The van der Waals surface area contributed by atoms with Crippen molar-refractivity contribution in [3.63, 3.8) is 0 Å². The molecule has 0 bridgehead atoms. The van der Waals surface area contributed by atoms with Gasteiger partial charge in [-0.25, -0.2) is 0 Å². The zero-order chi connectivity index (χ0) is 13.7. The Labute approximate surface area is 115 Å². The van der Waals surface area contributed by atoms with Crippen molar-refractivity contribution in [3.05, 3.63) is 0 Å². The van der Waals surface area contributed by atoms with Gasteiger partial charge in [-0.2, -0.15) is 0 Å². The molecule has 2 rings (SSSR count). The number of carbonyl (C=O) groups excluding carboxylic acids is 1. The second-order valence-corrected chi connectivity index (χ2v) is 5.80. The number of ether oxygens (including phenoxy) is 1. The average Bonchev–Trinajstić information content (AvgIpc) is 2.78. The van der Waals surface area contributed by atoms with Gasteiger partial charge in [0.25, 0.3) is 0 Å². The van der Waals surface area contributed by atoms with Gasteiger partial charge < -0.3 is 19.6 Å². The Morgan fingerprint density at radius 2 is 2.05 bits per heavy atom. The number of aliphatic hydroxyl groups is 1. The lowest BCUT2D eigenvalue weighted by Gasteiger charge is -2.33. The highest BCUT2D eigenvalue weighted by molar-refractivity contribution is 5.78. The molecule has 1 amide bonds. The summed E-state index contributed by atoms with van der Waals surface area (Å²) in [5.41, 5.74) is 0. The summed E-state index contributed by atoms with van der Waals surface area (Å²) in [4.78, 5) is 15.6. The minimum absolute atomic E-state index is 0.192. The molecule has 5 heteroatoms. The summed E-state index contributed by atoms with van der Waals surface area (Å²) in [6.45, 7) is 4.89. The van der Waals surface area contributed by atoms with E-state index >= 15 is 0 Å². The summed E-state index contributed by atoms with van der Waals surface area (Å²) in [6.07, 6.45) is 3.45. The van der Waals surface area contributed by atoms with E-state index in [4.69, 9.17) is 4.74 Å². The predicted octanol–water partition coefficient (Wildman–Crippen LogP) is 0.328. The lowest BCUT2D eigenvalue weighted by atomic mass is 9.97. The van der Waals surface area contributed by atoms with Gasteiger partial charge in [-0.3, -0.25) is 4.79 Å². The van der Waals surface area contributed by atoms with Crippen LogP contribution in [0.25, 0.3) is 0 Å². The van der Waals surface area contributed by atoms with Crippen molar-refractivity contribution in [1.82, 2.24) is 9.80 Å². The number of hydrogen-bond acceptors (Lipinski definition) is 4. The first-order valence-corrected chi connectivity index (χ1v) is 7.36. The molecule has 0 radical (unpaired) electrons. The maximum absolute atomic E-state index is 11.5. The van der Waals surface area contributed by atoms with Gasteiger partial charge in [-0.05, 0) is 38.3 Å². The van der Waals surface area contributed by atoms with Crippen LogP contribution in [-0.4, -0.2) is 73.4 Å². The third-order valence-electron chi connectivity index (χ3n) is 4.18. The number of β-amino-alcohol motifs (C(OH)–C–C–N with tert-alkyl or cyclic N) is 1. The molecule has 0 spiro atoms. The van der Waals surface area contributed by atoms with Crippen LogP contribution in [0.3, 0.4) is 0 Å². The van der Waals surface area contributed by atoms with Crippen molar-refractivity contribution in [1.29, 1.82) is 0 Å². The van der Waals surface area contributed by atoms with E-state index in [0.717, 1.165) is 45.5 Å². The van der Waals surface area contributed by atoms with Crippen molar-refractivity contribution in [2.24, 2.45) is 5.92 Å². The van der Waals surface area contributed by atoms with Gasteiger partial charge in [0.2, 0.25) is 5.91 Å². The Morgan fingerprint density at radius 1 is 1.32 bits per heavy atom. The molecule has 5 nitrogen and oxygen atoms in total. The van der Waals surface area contributed by atoms with Crippen molar-refractivity contribution in [3.8, 4) is 0 Å². The fourth-order valence-corrected chi connectivity index (χ4v) is 3.08. The lowest BCUT2D eigenvalue weighted by Crippen LogP contribution is -2.44. The van der Waals surface area contributed by atoms with Crippen molar-refractivity contribution >= 4 is 5.91 Å². The Hall–Kier alpha value is -0.650. The number of nitrogens with zero attached hydrogens (tertiary/aromatic N) is 2. The van der Waals surface area contributed by atoms with Crippen LogP contribution in [0.5, 0.6) is 0 Å². The number of amides is 1. The van der Waals surface area contributed by atoms with Crippen LogP contribution in [0.15, 0.2) is 0 Å². The molecule has 0 aromatic carbocycles. The first-order valence-electron chi connectivity index (χ1n) is 7.36. The van der Waals surface area contributed by atoms with Crippen LogP contribution in [0.2, 0.25) is 0 Å². The third kappa shape index (κ3) is 4.44. The Bertz CT molecular complexity index is 290. The summed E-state index contributed by atoms with van der Waals surface area (Å²) in [6, 6.07) is 0. The van der Waals surface area contributed by atoms with Gasteiger partial charge >= 0.3 is 0 Å². The van der Waals surface area contributed by atoms with E-state index in [2.05, 4.69) is 4.90 Å². The second kappa shape index (κ2) is 7.22. The fraction of sp³-hybridized carbons (Fsp3) is 0.929. The van der Waals surface area contributed by atoms with Crippen LogP contribution in [0, 0.1) is 5.92 Å². The molecule has 1 atom stereocenters. The van der Waals surface area contributed by atoms with E-state index in [0.29, 0.717) is 25.4 Å². The van der Waals surface area contributed by atoms with Gasteiger partial charge in [-0.1, -0.05) is 0 Å². The second-order valence-electron chi connectivity index (χ2n) is 5.80. The summed E-state index contributed by atoms with van der Waals surface area (Å²) in [7, 11) is 1.75. The van der Waals surface area contributed by atoms with Crippen LogP contribution < -0.4 is 0 Å². The molecule has 2 fully saturated rings. The van der Waals surface area contributed by atoms with Gasteiger partial charge in [0.1, 0.15) is 0 Å². The topological polar surface area (TPSA) is 53.0 Å². The number of likely N-dealkylation sites (tertiary alicyclic amines) is 2. The Balaban J connectivity index is 1.66. The Morgan fingerprint density at radius 3 is 2.63 bits per heavy atom. The maximum Gasteiger partial charge on any atom is 0.222 e. The van der Waals surface area contributed by atoms with Gasteiger partial charge in [0, 0.05) is 39.8 Å². The molecule has 19 heavy (non-hydrogen) atoms. The molecule has 2 saturated heterocycles. The number of methoxy groups -OCH3 is 1. The monoisotopic (exact) mass is 270 g/mol. The highest BCUT2D eigenvalue weighted by Crippen LogP contribution is 2.18. The number of rotatable bonds is 6. The van der Waals surface area contributed by atoms with E-state index in [-0.39, 0.29) is 5.91 Å². The van der Waals surface area contributed by atoms with E-state index in [1.54, 1.807) is 12.0 Å². The van der Waals surface area contributed by atoms with E-state index < -0.39 is 6.10 Å². The molecule has 2 aliphatic heterocycles. The largest absolute Gasteiger partial charge is 0.390 e. The van der Waals surface area contributed by atoms with Crippen LogP contribution in [0.4, 0.5) is 0 Å². The molecule has 1 unspecified atom stereocenters. The van der Waals surface area contributed by atoms with E-state index in [1.165, 1.54) is 0 Å². The number of piperidine rings is 1. The predicted molar refractivity (Wildman–Crippen MR) is 72.9 cm³/mol. The van der Waals surface area contributed by atoms with Crippen molar-refractivity contribution in [2.45, 2.75) is 31.8 Å². The highest BCUT2D eigenvalue weighted by Gasteiger charge is 2.25. The molecule has 110 valence electrons. The Kier molecular flexibility index (Phi) is 5.60. The standard InChI is InChI=1S/C14H26N2O3/c1-19-11-12-4-7-15(8-5-12)9-13(17)10-16-6-2-3-14(16)18/h12-13,17H,2-11H2,1H3. The van der Waals surface area contributed by atoms with Gasteiger partial charge in [0.15, 0.2) is 0 Å². The van der Waals surface area contributed by atoms with E-state index in [9.17, 15) is 9.90 Å². The molecule has 1 N–H and O–H groups in total. The van der Waals surface area contributed by atoms with Crippen molar-refractivity contribution in [2.75, 3.05) is 46.4 Å². The number of carbonyl (C=O) groups is 1. The van der Waals surface area contributed by atoms with Crippen LogP contribution in [-0.2, 0) is 9.53 Å². The third-order valence-corrected chi connectivity index (χ3v) is 4.18. The molecule has 0 aliphatic carbocycles. The molecule has 2 heterocycles. The first kappa shape index (κ1) is 14.8. The number of aliphatic hydroxyl groups excluding tert-OH is 1. The summed E-state index contributed by atoms with van der Waals surface area (Å²) < 4.78 is 5.19. The SMILES string of the molecule is COCC1CCN(CC(O)CN2CCCC2=O)CC1. The molecular weight excluding hydrogens is 244 g/mol. The van der Waals surface area contributed by atoms with Gasteiger partial charge in [-0.15, -0.1) is 0 Å². The fourth-order valence-electron chi connectivity index (χ4n) is 3.08. The van der Waals surface area contributed by atoms with Crippen molar-refractivity contribution < 1.29 is 14.6 Å². The van der Waals surface area contributed by atoms with Gasteiger partial charge in [0.05, 0.1) is 6.10 Å². The molecular formula is C14H26N2O3. The van der Waals surface area contributed by atoms with Crippen LogP contribution >= 0.6 is 0 Å². The summed E-state index contributed by atoms with van der Waals surface area (Å²) in [5.74, 6) is 0.858. The maximum atomic E-state index is 11.5. The average molecular weight is 270 g/mol. The quantitative estimate of drug-likeness (QED) is 0.755. The molecule has 0 saturated carbocycles.